The van der Waals surface area contributed by atoms with Crippen LogP contribution in [0, 0.1) is 11.8 Å². The van der Waals surface area contributed by atoms with Gasteiger partial charge >= 0.3 is 0 Å². The molecule has 0 aromatic heterocycles. The Morgan fingerprint density at radius 3 is 2.53 bits per heavy atom. The lowest BCUT2D eigenvalue weighted by molar-refractivity contribution is -0.138. The van der Waals surface area contributed by atoms with Crippen LogP contribution < -0.4 is 5.32 Å². The van der Waals surface area contributed by atoms with Crippen molar-refractivity contribution in [2.75, 3.05) is 19.6 Å². The molecule has 1 atom stereocenters. The first-order valence-corrected chi connectivity index (χ1v) is 7.21. The van der Waals surface area contributed by atoms with E-state index in [-0.39, 0.29) is 0 Å². The summed E-state index contributed by atoms with van der Waals surface area (Å²) in [5, 5.41) is 3.39. The first-order chi connectivity index (χ1) is 8.20. The van der Waals surface area contributed by atoms with Crippen molar-refractivity contribution < 1.29 is 4.79 Å². The highest BCUT2D eigenvalue weighted by Gasteiger charge is 2.34. The smallest absolute Gasteiger partial charge is 0.226 e. The average Bonchev–Trinajstić information content (AvgIpc) is 2.52. The fraction of sp³-hybridized carbons (Fsp3) is 0.929. The van der Waals surface area contributed by atoms with Crippen molar-refractivity contribution in [3.63, 3.8) is 0 Å². The molecular weight excluding hydrogens is 212 g/mol. The van der Waals surface area contributed by atoms with Gasteiger partial charge in [-0.05, 0) is 58.5 Å². The maximum atomic E-state index is 12.6. The largest absolute Gasteiger partial charge is 0.340 e. The molecule has 98 valence electrons. The standard InChI is InChI=1S/C14H26N2O/c1-11(2)16-10-4-3-5-13(14(16)17)12-6-8-15-9-7-12/h11-13,15H,3-10H2,1-2H3. The van der Waals surface area contributed by atoms with E-state index < -0.39 is 0 Å². The summed E-state index contributed by atoms with van der Waals surface area (Å²) < 4.78 is 0. The topological polar surface area (TPSA) is 32.3 Å². The lowest BCUT2D eigenvalue weighted by Crippen LogP contribution is -2.44. The van der Waals surface area contributed by atoms with Crippen molar-refractivity contribution in [3.8, 4) is 0 Å². The number of hydrogen-bond donors (Lipinski definition) is 1. The molecule has 1 unspecified atom stereocenters. The van der Waals surface area contributed by atoms with E-state index in [0.29, 0.717) is 23.8 Å². The van der Waals surface area contributed by atoms with Crippen molar-refractivity contribution in [2.45, 2.75) is 52.0 Å². The highest BCUT2D eigenvalue weighted by atomic mass is 16.2. The van der Waals surface area contributed by atoms with Crippen LogP contribution in [0.2, 0.25) is 0 Å². The first-order valence-electron chi connectivity index (χ1n) is 7.21. The van der Waals surface area contributed by atoms with Crippen molar-refractivity contribution in [2.24, 2.45) is 11.8 Å². The zero-order valence-corrected chi connectivity index (χ0v) is 11.2. The number of rotatable bonds is 2. The van der Waals surface area contributed by atoms with Gasteiger partial charge in [0.25, 0.3) is 0 Å². The minimum Gasteiger partial charge on any atom is -0.340 e. The molecule has 2 fully saturated rings. The summed E-state index contributed by atoms with van der Waals surface area (Å²) in [6.45, 7) is 7.44. The molecule has 2 saturated heterocycles. The molecule has 0 bridgehead atoms. The van der Waals surface area contributed by atoms with Gasteiger partial charge in [0.15, 0.2) is 0 Å². The van der Waals surface area contributed by atoms with Crippen molar-refractivity contribution in [3.05, 3.63) is 0 Å². The van der Waals surface area contributed by atoms with Crippen LogP contribution in [-0.4, -0.2) is 36.5 Å². The average molecular weight is 238 g/mol. The van der Waals surface area contributed by atoms with Gasteiger partial charge in [-0.15, -0.1) is 0 Å². The SMILES string of the molecule is CC(C)N1CCCCC(C2CCNCC2)C1=O. The van der Waals surface area contributed by atoms with Gasteiger partial charge in [-0.3, -0.25) is 4.79 Å². The summed E-state index contributed by atoms with van der Waals surface area (Å²) in [5.74, 6) is 1.37. The van der Waals surface area contributed by atoms with E-state index in [9.17, 15) is 4.79 Å². The normalized spacial score (nSPS) is 28.5. The van der Waals surface area contributed by atoms with Crippen LogP contribution in [0.5, 0.6) is 0 Å². The molecule has 3 heteroatoms. The van der Waals surface area contributed by atoms with E-state index in [1.54, 1.807) is 0 Å². The number of hydrogen-bond acceptors (Lipinski definition) is 2. The molecule has 0 aliphatic carbocycles. The van der Waals surface area contributed by atoms with Crippen LogP contribution in [0.4, 0.5) is 0 Å². The van der Waals surface area contributed by atoms with Gasteiger partial charge in [0, 0.05) is 18.5 Å². The van der Waals surface area contributed by atoms with E-state index in [1.807, 2.05) is 0 Å². The maximum Gasteiger partial charge on any atom is 0.226 e. The molecule has 0 spiro atoms. The quantitative estimate of drug-likeness (QED) is 0.798. The molecule has 2 heterocycles. The van der Waals surface area contributed by atoms with Gasteiger partial charge < -0.3 is 10.2 Å². The summed E-state index contributed by atoms with van der Waals surface area (Å²) in [6.07, 6.45) is 5.90. The molecule has 17 heavy (non-hydrogen) atoms. The van der Waals surface area contributed by atoms with Gasteiger partial charge in [-0.2, -0.15) is 0 Å². The van der Waals surface area contributed by atoms with Crippen LogP contribution in [-0.2, 0) is 4.79 Å². The van der Waals surface area contributed by atoms with Gasteiger partial charge in [-0.25, -0.2) is 0 Å². The first kappa shape index (κ1) is 12.9. The van der Waals surface area contributed by atoms with Crippen LogP contribution in [0.15, 0.2) is 0 Å². The number of carbonyl (C=O) groups is 1. The van der Waals surface area contributed by atoms with Crippen LogP contribution in [0.1, 0.15) is 46.0 Å². The van der Waals surface area contributed by atoms with E-state index in [0.717, 1.165) is 26.1 Å². The summed E-state index contributed by atoms with van der Waals surface area (Å²) in [5.41, 5.74) is 0. The Hall–Kier alpha value is -0.570. The van der Waals surface area contributed by atoms with Gasteiger partial charge in [0.2, 0.25) is 5.91 Å². The Bertz CT molecular complexity index is 259. The Kier molecular flexibility index (Phi) is 4.43. The number of carbonyl (C=O) groups excluding carboxylic acids is 1. The molecule has 0 saturated carbocycles. The minimum atomic E-state index is 0.307. The predicted octanol–water partition coefficient (Wildman–Crippen LogP) is 2.02. The molecule has 0 aromatic rings. The second-order valence-electron chi connectivity index (χ2n) is 5.82. The molecule has 2 rings (SSSR count). The predicted molar refractivity (Wildman–Crippen MR) is 69.8 cm³/mol. The minimum absolute atomic E-state index is 0.307. The van der Waals surface area contributed by atoms with E-state index >= 15 is 0 Å². The summed E-state index contributed by atoms with van der Waals surface area (Å²) in [4.78, 5) is 14.7. The molecule has 1 N–H and O–H groups in total. The van der Waals surface area contributed by atoms with Gasteiger partial charge in [0.1, 0.15) is 0 Å². The number of likely N-dealkylation sites (tertiary alicyclic amines) is 1. The molecule has 1 amide bonds. The molecule has 2 aliphatic rings. The molecule has 3 nitrogen and oxygen atoms in total. The molecule has 0 aromatic carbocycles. The third-order valence-electron chi connectivity index (χ3n) is 4.34. The van der Waals surface area contributed by atoms with Crippen LogP contribution >= 0.6 is 0 Å². The Balaban J connectivity index is 2.05. The van der Waals surface area contributed by atoms with Crippen molar-refractivity contribution in [1.29, 1.82) is 0 Å². The molecular formula is C14H26N2O. The molecule has 2 aliphatic heterocycles. The lowest BCUT2D eigenvalue weighted by Gasteiger charge is -2.33. The monoisotopic (exact) mass is 238 g/mol. The fourth-order valence-corrected chi connectivity index (χ4v) is 3.29. The number of piperidine rings is 1. The van der Waals surface area contributed by atoms with Gasteiger partial charge in [0.05, 0.1) is 0 Å². The van der Waals surface area contributed by atoms with Gasteiger partial charge in [-0.1, -0.05) is 6.42 Å². The Morgan fingerprint density at radius 2 is 1.88 bits per heavy atom. The third-order valence-corrected chi connectivity index (χ3v) is 4.34. The summed E-state index contributed by atoms with van der Waals surface area (Å²) >= 11 is 0. The molecule has 0 radical (unpaired) electrons. The second kappa shape index (κ2) is 5.85. The number of nitrogens with one attached hydrogen (secondary N) is 1. The highest BCUT2D eigenvalue weighted by molar-refractivity contribution is 5.79. The fourth-order valence-electron chi connectivity index (χ4n) is 3.29. The lowest BCUT2D eigenvalue weighted by atomic mass is 9.81. The number of nitrogens with zero attached hydrogens (tertiary/aromatic N) is 1. The van der Waals surface area contributed by atoms with Crippen LogP contribution in [0.25, 0.3) is 0 Å². The highest BCUT2D eigenvalue weighted by Crippen LogP contribution is 2.31. The summed E-state index contributed by atoms with van der Waals surface area (Å²) in [6, 6.07) is 0.366. The van der Waals surface area contributed by atoms with Crippen LogP contribution in [0.3, 0.4) is 0 Å². The second-order valence-corrected chi connectivity index (χ2v) is 5.82. The maximum absolute atomic E-state index is 12.6. The number of amides is 1. The Morgan fingerprint density at radius 1 is 1.18 bits per heavy atom. The van der Waals surface area contributed by atoms with E-state index in [1.165, 1.54) is 25.7 Å². The Labute approximate surface area is 105 Å². The van der Waals surface area contributed by atoms with E-state index in [2.05, 4.69) is 24.1 Å². The van der Waals surface area contributed by atoms with Crippen molar-refractivity contribution in [1.82, 2.24) is 10.2 Å². The van der Waals surface area contributed by atoms with E-state index in [4.69, 9.17) is 0 Å². The zero-order valence-electron chi connectivity index (χ0n) is 11.2. The third kappa shape index (κ3) is 3.01. The zero-order chi connectivity index (χ0) is 12.3. The summed E-state index contributed by atoms with van der Waals surface area (Å²) in [7, 11) is 0. The van der Waals surface area contributed by atoms with Crippen molar-refractivity contribution >= 4 is 5.91 Å².